The molecule has 0 spiro atoms. The number of nitrogens with one attached hydrogen (secondary N) is 1. The number of halogens is 1. The number of carbonyl (C=O) groups excluding carboxylic acids is 1. The van der Waals surface area contributed by atoms with Crippen LogP contribution in [0.1, 0.15) is 30.3 Å². The number of rotatable bonds is 3. The normalized spacial score (nSPS) is 21.1. The highest BCUT2D eigenvalue weighted by Crippen LogP contribution is 2.20. The summed E-state index contributed by atoms with van der Waals surface area (Å²) in [5.41, 5.74) is 0.354. The van der Waals surface area contributed by atoms with Crippen LogP contribution in [0.5, 0.6) is 5.75 Å². The van der Waals surface area contributed by atoms with Gasteiger partial charge < -0.3 is 15.2 Å². The molecule has 23 heavy (non-hydrogen) atoms. The summed E-state index contributed by atoms with van der Waals surface area (Å²) < 4.78 is 20.0. The Balaban J connectivity index is 1.76. The zero-order valence-electron chi connectivity index (χ0n) is 12.7. The molecule has 2 N–H and O–H groups in total. The lowest BCUT2D eigenvalue weighted by atomic mass is 10.0. The molecule has 0 aliphatic carbocycles. The van der Waals surface area contributed by atoms with E-state index in [1.165, 1.54) is 29.1 Å². The molecule has 1 aromatic carbocycles. The van der Waals surface area contributed by atoms with Crippen LogP contribution in [0.2, 0.25) is 0 Å². The van der Waals surface area contributed by atoms with Crippen molar-refractivity contribution in [2.24, 2.45) is 0 Å². The molecule has 0 unspecified atom stereocenters. The molecule has 3 rings (SSSR count). The van der Waals surface area contributed by atoms with Crippen LogP contribution < -0.4 is 5.32 Å². The lowest BCUT2D eigenvalue weighted by molar-refractivity contribution is 0.0136. The van der Waals surface area contributed by atoms with Crippen LogP contribution in [0.4, 0.5) is 4.39 Å². The highest BCUT2D eigenvalue weighted by atomic mass is 19.1. The summed E-state index contributed by atoms with van der Waals surface area (Å²) in [5.74, 6) is -1.11. The van der Waals surface area contributed by atoms with E-state index in [4.69, 9.17) is 4.74 Å². The van der Waals surface area contributed by atoms with E-state index in [0.717, 1.165) is 12.8 Å². The molecule has 1 aliphatic heterocycles. The molecule has 0 radical (unpaired) electrons. The van der Waals surface area contributed by atoms with E-state index in [-0.39, 0.29) is 23.6 Å². The highest BCUT2D eigenvalue weighted by molar-refractivity contribution is 5.95. The van der Waals surface area contributed by atoms with Crippen LogP contribution in [0.3, 0.4) is 0 Å². The topological polar surface area (TPSA) is 76.4 Å². The van der Waals surface area contributed by atoms with Gasteiger partial charge in [-0.3, -0.25) is 4.79 Å². The maximum atomic E-state index is 13.3. The summed E-state index contributed by atoms with van der Waals surface area (Å²) in [6.45, 7) is 2.55. The van der Waals surface area contributed by atoms with Crippen LogP contribution in [-0.4, -0.2) is 39.5 Å². The van der Waals surface area contributed by atoms with Crippen LogP contribution in [0, 0.1) is 5.82 Å². The Morgan fingerprint density at radius 2 is 2.35 bits per heavy atom. The molecular formula is C16H18FN3O3. The second kappa shape index (κ2) is 6.37. The SMILES string of the molecule is C[C@@H]1C[C@@H](NC(=O)c2nn(-c3cccc(F)c3)cc2O)CCO1. The van der Waals surface area contributed by atoms with Gasteiger partial charge in [-0.25, -0.2) is 9.07 Å². The van der Waals surface area contributed by atoms with Crippen molar-refractivity contribution in [3.63, 3.8) is 0 Å². The van der Waals surface area contributed by atoms with E-state index in [1.807, 2.05) is 6.92 Å². The zero-order valence-corrected chi connectivity index (χ0v) is 12.7. The second-order valence-corrected chi connectivity index (χ2v) is 5.66. The van der Waals surface area contributed by atoms with Crippen LogP contribution in [-0.2, 0) is 4.74 Å². The molecule has 6 nitrogen and oxygen atoms in total. The van der Waals surface area contributed by atoms with Crippen molar-refractivity contribution in [1.82, 2.24) is 15.1 Å². The van der Waals surface area contributed by atoms with Crippen molar-refractivity contribution < 1.29 is 19.0 Å². The average Bonchev–Trinajstić information content (AvgIpc) is 2.89. The second-order valence-electron chi connectivity index (χ2n) is 5.66. The largest absolute Gasteiger partial charge is 0.504 e. The van der Waals surface area contributed by atoms with Crippen molar-refractivity contribution in [3.05, 3.63) is 42.0 Å². The third kappa shape index (κ3) is 3.50. The fourth-order valence-corrected chi connectivity index (χ4v) is 2.66. The molecule has 1 aliphatic rings. The first-order valence-corrected chi connectivity index (χ1v) is 7.50. The predicted octanol–water partition coefficient (Wildman–Crippen LogP) is 2.01. The van der Waals surface area contributed by atoms with Crippen LogP contribution in [0.15, 0.2) is 30.5 Å². The number of hydrogen-bond acceptors (Lipinski definition) is 4. The lowest BCUT2D eigenvalue weighted by Crippen LogP contribution is -2.41. The number of benzene rings is 1. The smallest absolute Gasteiger partial charge is 0.275 e. The minimum Gasteiger partial charge on any atom is -0.504 e. The van der Waals surface area contributed by atoms with E-state index in [1.54, 1.807) is 6.07 Å². The lowest BCUT2D eigenvalue weighted by Gasteiger charge is -2.27. The summed E-state index contributed by atoms with van der Waals surface area (Å²) in [5, 5.41) is 16.9. The number of amides is 1. The van der Waals surface area contributed by atoms with Gasteiger partial charge in [-0.2, -0.15) is 5.10 Å². The van der Waals surface area contributed by atoms with Gasteiger partial charge in [0.15, 0.2) is 11.4 Å². The number of hydrogen-bond donors (Lipinski definition) is 2. The number of nitrogens with zero attached hydrogens (tertiary/aromatic N) is 2. The Kier molecular flexibility index (Phi) is 4.29. The van der Waals surface area contributed by atoms with Gasteiger partial charge in [-0.05, 0) is 38.0 Å². The van der Waals surface area contributed by atoms with Crippen molar-refractivity contribution in [2.45, 2.75) is 31.9 Å². The zero-order chi connectivity index (χ0) is 16.4. The van der Waals surface area contributed by atoms with E-state index in [9.17, 15) is 14.3 Å². The molecule has 122 valence electrons. The molecule has 1 saturated heterocycles. The Morgan fingerprint density at radius 3 is 3.09 bits per heavy atom. The maximum absolute atomic E-state index is 13.3. The van der Waals surface area contributed by atoms with E-state index < -0.39 is 11.7 Å². The van der Waals surface area contributed by atoms with Crippen molar-refractivity contribution in [2.75, 3.05) is 6.61 Å². The minimum atomic E-state index is -0.447. The van der Waals surface area contributed by atoms with Crippen molar-refractivity contribution >= 4 is 5.91 Å². The Labute approximate surface area is 132 Å². The molecule has 2 heterocycles. The first kappa shape index (κ1) is 15.5. The Bertz CT molecular complexity index is 716. The number of ether oxygens (including phenoxy) is 1. The van der Waals surface area contributed by atoms with Crippen molar-refractivity contribution in [1.29, 1.82) is 0 Å². The van der Waals surface area contributed by atoms with E-state index >= 15 is 0 Å². The number of carbonyl (C=O) groups is 1. The van der Waals surface area contributed by atoms with Gasteiger partial charge in [0.2, 0.25) is 0 Å². The maximum Gasteiger partial charge on any atom is 0.275 e. The standard InChI is InChI=1S/C16H18FN3O3/c1-10-7-12(5-6-23-10)18-16(22)15-14(21)9-20(19-15)13-4-2-3-11(17)8-13/h2-4,8-10,12,21H,5-7H2,1H3,(H,18,22)/t10-,12+/m1/s1. The summed E-state index contributed by atoms with van der Waals surface area (Å²) in [7, 11) is 0. The Morgan fingerprint density at radius 1 is 1.52 bits per heavy atom. The van der Waals surface area contributed by atoms with Gasteiger partial charge in [0.25, 0.3) is 5.91 Å². The van der Waals surface area contributed by atoms with Gasteiger partial charge in [0.05, 0.1) is 18.0 Å². The summed E-state index contributed by atoms with van der Waals surface area (Å²) >= 11 is 0. The van der Waals surface area contributed by atoms with Crippen molar-refractivity contribution in [3.8, 4) is 11.4 Å². The van der Waals surface area contributed by atoms with Gasteiger partial charge in [0, 0.05) is 12.6 Å². The summed E-state index contributed by atoms with van der Waals surface area (Å²) in [6, 6.07) is 5.75. The minimum absolute atomic E-state index is 0.00929. The molecule has 0 saturated carbocycles. The predicted molar refractivity (Wildman–Crippen MR) is 81.1 cm³/mol. The average molecular weight is 319 g/mol. The molecule has 1 fully saturated rings. The van der Waals surface area contributed by atoms with E-state index in [0.29, 0.717) is 12.3 Å². The number of aromatic nitrogens is 2. The van der Waals surface area contributed by atoms with Gasteiger partial charge >= 0.3 is 0 Å². The molecule has 2 atom stereocenters. The number of aromatic hydroxyl groups is 1. The van der Waals surface area contributed by atoms with E-state index in [2.05, 4.69) is 10.4 Å². The summed E-state index contributed by atoms with van der Waals surface area (Å²) in [4.78, 5) is 12.3. The molecule has 0 bridgehead atoms. The van der Waals surface area contributed by atoms with Gasteiger partial charge in [-0.1, -0.05) is 6.07 Å². The monoisotopic (exact) mass is 319 g/mol. The molecule has 2 aromatic rings. The first-order chi connectivity index (χ1) is 11.0. The fraction of sp³-hybridized carbons (Fsp3) is 0.375. The van der Waals surface area contributed by atoms with Crippen LogP contribution in [0.25, 0.3) is 5.69 Å². The fourth-order valence-electron chi connectivity index (χ4n) is 2.66. The molecule has 1 aromatic heterocycles. The molecular weight excluding hydrogens is 301 g/mol. The van der Waals surface area contributed by atoms with Gasteiger partial charge in [-0.15, -0.1) is 0 Å². The quantitative estimate of drug-likeness (QED) is 0.907. The summed E-state index contributed by atoms with van der Waals surface area (Å²) in [6.07, 6.45) is 2.82. The highest BCUT2D eigenvalue weighted by Gasteiger charge is 2.24. The first-order valence-electron chi connectivity index (χ1n) is 7.50. The van der Waals surface area contributed by atoms with Crippen LogP contribution >= 0.6 is 0 Å². The molecule has 7 heteroatoms. The third-order valence-corrected chi connectivity index (χ3v) is 3.80. The van der Waals surface area contributed by atoms with Gasteiger partial charge in [0.1, 0.15) is 5.82 Å². The third-order valence-electron chi connectivity index (χ3n) is 3.80. The molecule has 1 amide bonds. The Hall–Kier alpha value is -2.41.